The van der Waals surface area contributed by atoms with Crippen molar-refractivity contribution in [3.8, 4) is 5.75 Å². The third-order valence-corrected chi connectivity index (χ3v) is 2.71. The van der Waals surface area contributed by atoms with E-state index in [0.29, 0.717) is 5.02 Å². The van der Waals surface area contributed by atoms with Gasteiger partial charge in [-0.25, -0.2) is 5.84 Å². The van der Waals surface area contributed by atoms with Gasteiger partial charge in [-0.05, 0) is 48.5 Å². The highest BCUT2D eigenvalue weighted by atomic mass is 35.5. The second-order valence-corrected chi connectivity index (χ2v) is 3.98. The number of methoxy groups -OCH3 is 1. The van der Waals surface area contributed by atoms with Gasteiger partial charge in [0.2, 0.25) is 0 Å². The van der Waals surface area contributed by atoms with Crippen molar-refractivity contribution in [2.75, 3.05) is 12.1 Å². The second kappa shape index (κ2) is 6.50. The highest BCUT2D eigenvalue weighted by Crippen LogP contribution is 2.24. The summed E-state index contributed by atoms with van der Waals surface area (Å²) < 4.78 is 5.09. The van der Waals surface area contributed by atoms with Crippen LogP contribution in [-0.2, 0) is 0 Å². The van der Waals surface area contributed by atoms with Crippen molar-refractivity contribution in [1.82, 2.24) is 0 Å². The Morgan fingerprint density at radius 2 is 1.39 bits per heavy atom. The van der Waals surface area contributed by atoms with E-state index in [-0.39, 0.29) is 12.4 Å². The van der Waals surface area contributed by atoms with E-state index in [1.54, 1.807) is 24.3 Å². The summed E-state index contributed by atoms with van der Waals surface area (Å²) in [6.45, 7) is 0. The molecule has 0 amide bonds. The van der Waals surface area contributed by atoms with Crippen LogP contribution in [0.4, 0.5) is 11.4 Å². The number of ether oxygens (including phenoxy) is 1. The molecule has 2 aromatic carbocycles. The molecule has 0 spiro atoms. The number of halogens is 2. The lowest BCUT2D eigenvalue weighted by Gasteiger charge is -2.19. The Labute approximate surface area is 117 Å². The predicted molar refractivity (Wildman–Crippen MR) is 78.0 cm³/mol. The van der Waals surface area contributed by atoms with Gasteiger partial charge in [0.1, 0.15) is 5.75 Å². The number of nitrogens with two attached hydrogens (primary N) is 1. The molecule has 96 valence electrons. The molecule has 3 nitrogen and oxygen atoms in total. The maximum absolute atomic E-state index is 6.01. The van der Waals surface area contributed by atoms with Crippen molar-refractivity contribution in [1.29, 1.82) is 0 Å². The first-order valence-corrected chi connectivity index (χ1v) is 5.53. The molecule has 0 heterocycles. The van der Waals surface area contributed by atoms with Crippen molar-refractivity contribution in [3.63, 3.8) is 0 Å². The van der Waals surface area contributed by atoms with Crippen LogP contribution in [0.25, 0.3) is 0 Å². The van der Waals surface area contributed by atoms with Crippen LogP contribution in [0.2, 0.25) is 5.02 Å². The zero-order valence-corrected chi connectivity index (χ0v) is 11.4. The number of benzene rings is 2. The van der Waals surface area contributed by atoms with E-state index in [0.717, 1.165) is 17.1 Å². The molecule has 18 heavy (non-hydrogen) atoms. The third kappa shape index (κ3) is 3.29. The van der Waals surface area contributed by atoms with Crippen LogP contribution in [0.1, 0.15) is 0 Å². The fourth-order valence-electron chi connectivity index (χ4n) is 1.49. The van der Waals surface area contributed by atoms with Gasteiger partial charge in [0.15, 0.2) is 0 Å². The molecular weight excluding hydrogens is 271 g/mol. The summed E-state index contributed by atoms with van der Waals surface area (Å²) in [6.07, 6.45) is 0. The fraction of sp³-hybridized carbons (Fsp3) is 0.0769. The van der Waals surface area contributed by atoms with Crippen molar-refractivity contribution >= 4 is 35.4 Å². The van der Waals surface area contributed by atoms with Crippen LogP contribution in [0.15, 0.2) is 48.5 Å². The van der Waals surface area contributed by atoms with Crippen molar-refractivity contribution in [3.05, 3.63) is 53.6 Å². The summed E-state index contributed by atoms with van der Waals surface area (Å²) in [7, 11) is 1.63. The Balaban J connectivity index is 0.00000162. The standard InChI is InChI=1S/C13H13ClN2O.ClH/c1-17-13-8-6-12(7-9-13)16(15)11-4-2-10(14)3-5-11;/h2-9H,15H2,1H3;1H. The molecule has 5 heteroatoms. The summed E-state index contributed by atoms with van der Waals surface area (Å²) >= 11 is 5.83. The third-order valence-electron chi connectivity index (χ3n) is 2.46. The Kier molecular flexibility index (Phi) is 5.28. The SMILES string of the molecule is COc1ccc(N(N)c2ccc(Cl)cc2)cc1.Cl. The predicted octanol–water partition coefficient (Wildman–Crippen LogP) is 3.78. The first kappa shape index (κ1) is 14.6. The average molecular weight is 285 g/mol. The highest BCUT2D eigenvalue weighted by molar-refractivity contribution is 6.30. The van der Waals surface area contributed by atoms with Crippen LogP contribution in [-0.4, -0.2) is 7.11 Å². The lowest BCUT2D eigenvalue weighted by molar-refractivity contribution is 0.415. The molecule has 0 aliphatic heterocycles. The molecule has 0 aliphatic carbocycles. The van der Waals surface area contributed by atoms with Gasteiger partial charge >= 0.3 is 0 Å². The van der Waals surface area contributed by atoms with Crippen molar-refractivity contribution < 1.29 is 4.74 Å². The van der Waals surface area contributed by atoms with Crippen LogP contribution in [0, 0.1) is 0 Å². The highest BCUT2D eigenvalue weighted by Gasteiger charge is 2.04. The Morgan fingerprint density at radius 1 is 0.944 bits per heavy atom. The molecule has 0 saturated carbocycles. The zero-order valence-electron chi connectivity index (χ0n) is 9.84. The quantitative estimate of drug-likeness (QED) is 0.689. The van der Waals surface area contributed by atoms with Gasteiger partial charge < -0.3 is 4.74 Å². The van der Waals surface area contributed by atoms with Gasteiger partial charge in [-0.2, -0.15) is 0 Å². The number of hydrazine groups is 1. The van der Waals surface area contributed by atoms with Crippen molar-refractivity contribution in [2.24, 2.45) is 5.84 Å². The first-order valence-electron chi connectivity index (χ1n) is 5.15. The molecule has 0 saturated heterocycles. The second-order valence-electron chi connectivity index (χ2n) is 3.54. The maximum atomic E-state index is 6.01. The lowest BCUT2D eigenvalue weighted by Crippen LogP contribution is -2.24. The van der Waals surface area contributed by atoms with Gasteiger partial charge in [-0.1, -0.05) is 11.6 Å². The number of rotatable bonds is 3. The maximum Gasteiger partial charge on any atom is 0.119 e. The number of hydrogen-bond donors (Lipinski definition) is 1. The molecule has 0 aliphatic rings. The van der Waals surface area contributed by atoms with Crippen LogP contribution in [0.3, 0.4) is 0 Å². The van der Waals surface area contributed by atoms with E-state index in [1.807, 2.05) is 36.4 Å². The number of nitrogens with zero attached hydrogens (tertiary/aromatic N) is 1. The molecule has 0 atom stereocenters. The van der Waals surface area contributed by atoms with Crippen LogP contribution >= 0.6 is 24.0 Å². The van der Waals surface area contributed by atoms with Crippen molar-refractivity contribution in [2.45, 2.75) is 0 Å². The van der Waals surface area contributed by atoms with E-state index in [4.69, 9.17) is 22.2 Å². The Bertz CT molecular complexity index is 485. The van der Waals surface area contributed by atoms with Gasteiger partial charge in [0.05, 0.1) is 18.5 Å². The molecule has 0 bridgehead atoms. The molecule has 2 aromatic rings. The summed E-state index contributed by atoms with van der Waals surface area (Å²) in [5.41, 5.74) is 1.76. The van der Waals surface area contributed by atoms with E-state index >= 15 is 0 Å². The minimum absolute atomic E-state index is 0. The molecule has 0 radical (unpaired) electrons. The molecule has 0 aromatic heterocycles. The zero-order chi connectivity index (χ0) is 12.3. The Hall–Kier alpha value is -1.42. The molecule has 2 N–H and O–H groups in total. The molecular formula is C13H14Cl2N2O. The molecule has 0 unspecified atom stereocenters. The normalized spacial score (nSPS) is 9.50. The smallest absolute Gasteiger partial charge is 0.119 e. The largest absolute Gasteiger partial charge is 0.497 e. The van der Waals surface area contributed by atoms with E-state index in [1.165, 1.54) is 0 Å². The van der Waals surface area contributed by atoms with E-state index in [9.17, 15) is 0 Å². The number of anilines is 2. The monoisotopic (exact) mass is 284 g/mol. The summed E-state index contributed by atoms with van der Waals surface area (Å²) in [6, 6.07) is 14.9. The molecule has 0 fully saturated rings. The van der Waals surface area contributed by atoms with Gasteiger partial charge in [-0.3, -0.25) is 5.01 Å². The van der Waals surface area contributed by atoms with Gasteiger partial charge in [0, 0.05) is 5.02 Å². The van der Waals surface area contributed by atoms with Gasteiger partial charge in [0.25, 0.3) is 0 Å². The molecule has 2 rings (SSSR count). The minimum atomic E-state index is 0. The lowest BCUT2D eigenvalue weighted by atomic mass is 10.2. The summed E-state index contributed by atoms with van der Waals surface area (Å²) in [4.78, 5) is 0. The van der Waals surface area contributed by atoms with Crippen LogP contribution < -0.4 is 15.6 Å². The summed E-state index contributed by atoms with van der Waals surface area (Å²) in [5.74, 6) is 6.81. The average Bonchev–Trinajstić information content (AvgIpc) is 2.39. The van der Waals surface area contributed by atoms with Gasteiger partial charge in [-0.15, -0.1) is 12.4 Å². The topological polar surface area (TPSA) is 38.5 Å². The van der Waals surface area contributed by atoms with Crippen LogP contribution in [0.5, 0.6) is 5.75 Å². The van der Waals surface area contributed by atoms with E-state index < -0.39 is 0 Å². The van der Waals surface area contributed by atoms with E-state index in [2.05, 4.69) is 0 Å². The fourth-order valence-corrected chi connectivity index (χ4v) is 1.62. The minimum Gasteiger partial charge on any atom is -0.497 e. The number of hydrogen-bond acceptors (Lipinski definition) is 3. The first-order chi connectivity index (χ1) is 8.20. The summed E-state index contributed by atoms with van der Waals surface area (Å²) in [5, 5.41) is 2.28. The Morgan fingerprint density at radius 3 is 1.83 bits per heavy atom.